The number of alkyl halides is 2. The molecule has 3 aromatic rings. The number of aromatic nitrogens is 2. The Hall–Kier alpha value is -2.51. The van der Waals surface area contributed by atoms with E-state index in [0.717, 1.165) is 27.6 Å². The van der Waals surface area contributed by atoms with Gasteiger partial charge in [0.05, 0.1) is 6.20 Å². The van der Waals surface area contributed by atoms with Crippen LogP contribution in [-0.2, 0) is 0 Å². The van der Waals surface area contributed by atoms with E-state index in [2.05, 4.69) is 16.3 Å². The summed E-state index contributed by atoms with van der Waals surface area (Å²) in [6, 6.07) is 12.0. The fourth-order valence-corrected chi connectivity index (χ4v) is 4.49. The molecule has 1 aromatic heterocycles. The zero-order chi connectivity index (χ0) is 20.2. The van der Waals surface area contributed by atoms with Crippen LogP contribution in [0.25, 0.3) is 21.9 Å². The number of likely N-dealkylation sites (tertiary alicyclic amines) is 1. The molecule has 0 amide bonds. The number of aliphatic hydroxyl groups excluding tert-OH is 1. The molecule has 2 N–H and O–H groups in total. The summed E-state index contributed by atoms with van der Waals surface area (Å²) in [7, 11) is 0. The van der Waals surface area contributed by atoms with E-state index in [1.807, 2.05) is 42.2 Å². The number of piperidine rings is 1. The molecular formula is C22H23F2N3O2. The highest BCUT2D eigenvalue weighted by molar-refractivity contribution is 5.98. The molecule has 1 saturated heterocycles. The number of hydrogen-bond donors (Lipinski definition) is 2. The van der Waals surface area contributed by atoms with Crippen LogP contribution in [0.3, 0.4) is 0 Å². The highest BCUT2D eigenvalue weighted by Crippen LogP contribution is 2.59. The number of hydrogen-bond acceptors (Lipinski definition) is 4. The predicted octanol–water partition coefficient (Wildman–Crippen LogP) is 3.47. The van der Waals surface area contributed by atoms with E-state index in [4.69, 9.17) is 4.74 Å². The monoisotopic (exact) mass is 399 g/mol. The molecule has 2 heterocycles. The number of ether oxygens (including phenoxy) is 1. The molecule has 29 heavy (non-hydrogen) atoms. The summed E-state index contributed by atoms with van der Waals surface area (Å²) < 4.78 is 32.5. The van der Waals surface area contributed by atoms with E-state index in [9.17, 15) is 13.9 Å². The Morgan fingerprint density at radius 3 is 2.72 bits per heavy atom. The van der Waals surface area contributed by atoms with Gasteiger partial charge >= 0.3 is 0 Å². The van der Waals surface area contributed by atoms with E-state index < -0.39 is 23.9 Å². The van der Waals surface area contributed by atoms with Gasteiger partial charge in [0, 0.05) is 42.7 Å². The molecule has 152 valence electrons. The third kappa shape index (κ3) is 3.28. The Morgan fingerprint density at radius 2 is 2.00 bits per heavy atom. The number of aromatic amines is 1. The molecule has 0 radical (unpaired) electrons. The van der Waals surface area contributed by atoms with E-state index in [1.165, 1.54) is 0 Å². The minimum atomic E-state index is -2.50. The second-order valence-corrected chi connectivity index (χ2v) is 8.17. The molecule has 2 fully saturated rings. The minimum Gasteiger partial charge on any atom is -0.491 e. The van der Waals surface area contributed by atoms with Crippen molar-refractivity contribution in [3.8, 4) is 16.9 Å². The Morgan fingerprint density at radius 1 is 1.24 bits per heavy atom. The summed E-state index contributed by atoms with van der Waals surface area (Å²) in [5.41, 5.74) is 2.99. The third-order valence-corrected chi connectivity index (χ3v) is 6.14. The molecule has 0 bridgehead atoms. The first-order valence-electron chi connectivity index (χ1n) is 9.87. The van der Waals surface area contributed by atoms with Crippen LogP contribution < -0.4 is 4.74 Å². The highest BCUT2D eigenvalue weighted by Gasteiger charge is 2.71. The van der Waals surface area contributed by atoms with Crippen LogP contribution in [0.2, 0.25) is 0 Å². The number of benzene rings is 2. The number of H-pyrrole nitrogens is 1. The van der Waals surface area contributed by atoms with Crippen molar-refractivity contribution in [2.75, 3.05) is 26.2 Å². The first-order valence-corrected chi connectivity index (χ1v) is 9.87. The summed E-state index contributed by atoms with van der Waals surface area (Å²) in [4.78, 5) is 1.90. The summed E-state index contributed by atoms with van der Waals surface area (Å²) in [5.74, 6) is -2.90. The highest BCUT2D eigenvalue weighted by atomic mass is 19.3. The zero-order valence-corrected chi connectivity index (χ0v) is 16.1. The number of nitrogens with zero attached hydrogens (tertiary/aromatic N) is 2. The van der Waals surface area contributed by atoms with Crippen molar-refractivity contribution in [1.82, 2.24) is 15.1 Å². The lowest BCUT2D eigenvalue weighted by Crippen LogP contribution is -2.37. The molecule has 2 aromatic carbocycles. The Labute approximate surface area is 167 Å². The number of halogens is 2. The summed E-state index contributed by atoms with van der Waals surface area (Å²) in [6.45, 7) is 3.15. The zero-order valence-electron chi connectivity index (χ0n) is 16.1. The second-order valence-electron chi connectivity index (χ2n) is 8.17. The van der Waals surface area contributed by atoms with Crippen molar-refractivity contribution in [3.05, 3.63) is 48.3 Å². The van der Waals surface area contributed by atoms with Crippen LogP contribution in [-0.4, -0.2) is 58.5 Å². The molecule has 1 saturated carbocycles. The number of nitrogens with one attached hydrogen (secondary N) is 1. The van der Waals surface area contributed by atoms with Crippen molar-refractivity contribution >= 4 is 10.8 Å². The van der Waals surface area contributed by atoms with Gasteiger partial charge < -0.3 is 9.84 Å². The van der Waals surface area contributed by atoms with Gasteiger partial charge in [-0.3, -0.25) is 10.00 Å². The molecule has 2 aliphatic rings. The van der Waals surface area contributed by atoms with Crippen LogP contribution in [0, 0.1) is 18.8 Å². The van der Waals surface area contributed by atoms with Gasteiger partial charge in [-0.1, -0.05) is 24.3 Å². The van der Waals surface area contributed by atoms with Crippen LogP contribution >= 0.6 is 0 Å². The van der Waals surface area contributed by atoms with Gasteiger partial charge in [-0.15, -0.1) is 0 Å². The topological polar surface area (TPSA) is 61.4 Å². The smallest absolute Gasteiger partial charge is 0.257 e. The first kappa shape index (κ1) is 18.5. The van der Waals surface area contributed by atoms with E-state index in [-0.39, 0.29) is 6.61 Å². The molecule has 5 rings (SSSR count). The van der Waals surface area contributed by atoms with Gasteiger partial charge in [0.1, 0.15) is 18.5 Å². The van der Waals surface area contributed by atoms with Crippen LogP contribution in [0.4, 0.5) is 8.78 Å². The van der Waals surface area contributed by atoms with Gasteiger partial charge in [0.2, 0.25) is 0 Å². The van der Waals surface area contributed by atoms with E-state index in [1.54, 1.807) is 6.20 Å². The van der Waals surface area contributed by atoms with Crippen molar-refractivity contribution in [2.24, 2.45) is 11.8 Å². The van der Waals surface area contributed by atoms with Crippen LogP contribution in [0.5, 0.6) is 5.75 Å². The molecule has 1 aliphatic carbocycles. The maximum Gasteiger partial charge on any atom is 0.257 e. The fraction of sp³-hybridized carbons (Fsp3) is 0.409. The van der Waals surface area contributed by atoms with Crippen LogP contribution in [0.15, 0.2) is 42.6 Å². The fourth-order valence-electron chi connectivity index (χ4n) is 4.49. The van der Waals surface area contributed by atoms with Gasteiger partial charge in [0.25, 0.3) is 5.92 Å². The normalized spacial score (nSPS) is 23.9. The second kappa shape index (κ2) is 6.78. The van der Waals surface area contributed by atoms with Crippen molar-refractivity contribution in [3.63, 3.8) is 0 Å². The minimum absolute atomic E-state index is 0.115. The Bertz CT molecular complexity index is 1040. The average Bonchev–Trinajstić information content (AvgIpc) is 3.11. The van der Waals surface area contributed by atoms with Gasteiger partial charge in [0.15, 0.2) is 0 Å². The quantitative estimate of drug-likeness (QED) is 0.666. The van der Waals surface area contributed by atoms with Gasteiger partial charge in [-0.25, -0.2) is 8.78 Å². The standard InChI is InChI=1S/C22H23F2N3O2/c1-13-19(8-25-26-13)18-7-16(6-14-4-2-3-5-17(14)18)29-12-15(28)9-27-10-20-21(11-27)22(20,23)24/h2-8,15,20-21,28H,9-12H2,1H3,(H,25,26). The van der Waals surface area contributed by atoms with Crippen molar-refractivity contribution in [2.45, 2.75) is 19.0 Å². The lowest BCUT2D eigenvalue weighted by Gasteiger charge is -2.23. The Balaban J connectivity index is 1.29. The summed E-state index contributed by atoms with van der Waals surface area (Å²) >= 11 is 0. The summed E-state index contributed by atoms with van der Waals surface area (Å²) in [5, 5.41) is 19.6. The van der Waals surface area contributed by atoms with E-state index in [0.29, 0.717) is 25.4 Å². The number of fused-ring (bicyclic) bond motifs is 2. The molecule has 3 atom stereocenters. The van der Waals surface area contributed by atoms with Gasteiger partial charge in [-0.2, -0.15) is 5.10 Å². The average molecular weight is 399 g/mol. The molecule has 0 spiro atoms. The summed E-state index contributed by atoms with van der Waals surface area (Å²) in [6.07, 6.45) is 1.07. The largest absolute Gasteiger partial charge is 0.491 e. The molecule has 7 heteroatoms. The van der Waals surface area contributed by atoms with E-state index >= 15 is 0 Å². The van der Waals surface area contributed by atoms with Crippen molar-refractivity contribution in [1.29, 1.82) is 0 Å². The molecule has 1 aliphatic heterocycles. The molecule has 5 nitrogen and oxygen atoms in total. The first-order chi connectivity index (χ1) is 13.9. The lowest BCUT2D eigenvalue weighted by atomic mass is 9.98. The maximum absolute atomic E-state index is 13.3. The number of aryl methyl sites for hydroxylation is 1. The molecular weight excluding hydrogens is 376 g/mol. The molecule has 3 unspecified atom stereocenters. The number of rotatable bonds is 6. The van der Waals surface area contributed by atoms with Gasteiger partial charge in [-0.05, 0) is 35.4 Å². The number of aliphatic hydroxyl groups is 1. The van der Waals surface area contributed by atoms with Crippen molar-refractivity contribution < 1.29 is 18.6 Å². The Kier molecular flexibility index (Phi) is 4.33. The third-order valence-electron chi connectivity index (χ3n) is 6.14. The maximum atomic E-state index is 13.3. The predicted molar refractivity (Wildman–Crippen MR) is 106 cm³/mol. The number of β-amino-alcohol motifs (C(OH)–C–C–N with tert-alkyl or cyclic N) is 1. The SMILES string of the molecule is Cc1[nH]ncc1-c1cc(OCC(O)CN2CC3C(C2)C3(F)F)cc2ccccc12. The van der Waals surface area contributed by atoms with Crippen LogP contribution in [0.1, 0.15) is 5.69 Å². The lowest BCUT2D eigenvalue weighted by molar-refractivity contribution is 0.0302.